The first-order chi connectivity index (χ1) is 15.0. The monoisotopic (exact) mass is 461 g/mol. The Morgan fingerprint density at radius 3 is 2.52 bits per heavy atom. The molecule has 0 radical (unpaired) electrons. The van der Waals surface area contributed by atoms with Crippen LogP contribution >= 0.6 is 23.1 Å². The third-order valence-electron chi connectivity index (χ3n) is 4.30. The van der Waals surface area contributed by atoms with Crippen molar-refractivity contribution < 1.29 is 23.7 Å². The van der Waals surface area contributed by atoms with Crippen molar-refractivity contribution in [1.29, 1.82) is 0 Å². The van der Waals surface area contributed by atoms with Crippen molar-refractivity contribution in [3.63, 3.8) is 0 Å². The van der Waals surface area contributed by atoms with E-state index in [1.165, 1.54) is 30.2 Å². The molecule has 3 rings (SSSR count). The van der Waals surface area contributed by atoms with Gasteiger partial charge >= 0.3 is 0 Å². The van der Waals surface area contributed by atoms with Gasteiger partial charge in [0.1, 0.15) is 22.2 Å². The molecule has 164 valence electrons. The highest BCUT2D eigenvalue weighted by atomic mass is 32.2. The van der Waals surface area contributed by atoms with E-state index in [0.717, 1.165) is 5.56 Å². The predicted molar refractivity (Wildman–Crippen MR) is 124 cm³/mol. The quantitative estimate of drug-likeness (QED) is 0.458. The molecule has 1 amide bonds. The summed E-state index contributed by atoms with van der Waals surface area (Å²) in [7, 11) is 6.24. The first-order valence-electron chi connectivity index (χ1n) is 9.13. The molecule has 0 bridgehead atoms. The number of nitrogen functional groups attached to an aromatic ring is 1. The lowest BCUT2D eigenvalue weighted by molar-refractivity contribution is -0.113. The summed E-state index contributed by atoms with van der Waals surface area (Å²) in [6.45, 7) is 0. The zero-order valence-corrected chi connectivity index (χ0v) is 19.2. The maximum atomic E-state index is 12.4. The van der Waals surface area contributed by atoms with Crippen LogP contribution in [0.25, 0.3) is 11.3 Å². The summed E-state index contributed by atoms with van der Waals surface area (Å²) in [6.07, 6.45) is 0. The Morgan fingerprint density at radius 1 is 1.06 bits per heavy atom. The molecule has 0 spiro atoms. The van der Waals surface area contributed by atoms with E-state index < -0.39 is 0 Å². The number of thioether (sulfide) groups is 1. The van der Waals surface area contributed by atoms with Crippen molar-refractivity contribution in [2.75, 3.05) is 45.2 Å². The third kappa shape index (κ3) is 5.15. The molecule has 0 unspecified atom stereocenters. The Hall–Kier alpha value is -3.11. The normalized spacial score (nSPS) is 10.5. The van der Waals surface area contributed by atoms with Crippen LogP contribution in [0.15, 0.2) is 40.7 Å². The van der Waals surface area contributed by atoms with E-state index in [2.05, 4.69) is 10.3 Å². The SMILES string of the molecule is COc1ccc(NC(=O)CSc2nc(-c3cccc(OC)c3OC)c(N)s2)c(OC)c1. The molecule has 0 saturated heterocycles. The van der Waals surface area contributed by atoms with Gasteiger partial charge in [0.25, 0.3) is 0 Å². The second-order valence-electron chi connectivity index (χ2n) is 6.14. The Balaban J connectivity index is 1.71. The number of methoxy groups -OCH3 is 4. The Labute approximate surface area is 188 Å². The highest BCUT2D eigenvalue weighted by Gasteiger charge is 2.19. The number of hydrogen-bond acceptors (Lipinski definition) is 9. The Bertz CT molecular complexity index is 1070. The van der Waals surface area contributed by atoms with Gasteiger partial charge in [0.15, 0.2) is 15.8 Å². The molecule has 0 aliphatic heterocycles. The van der Waals surface area contributed by atoms with Crippen LogP contribution in [0.1, 0.15) is 0 Å². The summed E-state index contributed by atoms with van der Waals surface area (Å²) >= 11 is 2.61. The van der Waals surface area contributed by atoms with E-state index in [1.54, 1.807) is 45.6 Å². The van der Waals surface area contributed by atoms with Gasteiger partial charge in [-0.1, -0.05) is 29.2 Å². The number of nitrogens with two attached hydrogens (primary N) is 1. The minimum Gasteiger partial charge on any atom is -0.497 e. The van der Waals surface area contributed by atoms with Crippen molar-refractivity contribution in [1.82, 2.24) is 4.98 Å². The number of ether oxygens (including phenoxy) is 4. The van der Waals surface area contributed by atoms with Gasteiger partial charge in [-0.25, -0.2) is 4.98 Å². The van der Waals surface area contributed by atoms with E-state index in [0.29, 0.717) is 43.7 Å². The molecule has 8 nitrogen and oxygen atoms in total. The van der Waals surface area contributed by atoms with Gasteiger partial charge in [-0.15, -0.1) is 0 Å². The molecule has 0 fully saturated rings. The summed E-state index contributed by atoms with van der Waals surface area (Å²) in [5.41, 5.74) is 8.09. The number of anilines is 2. The minimum absolute atomic E-state index is 0.164. The van der Waals surface area contributed by atoms with Crippen LogP contribution in [0.4, 0.5) is 10.7 Å². The first kappa shape index (κ1) is 22.6. The molecule has 0 atom stereocenters. The fourth-order valence-corrected chi connectivity index (χ4v) is 4.60. The molecular formula is C21H23N3O5S2. The minimum atomic E-state index is -0.192. The van der Waals surface area contributed by atoms with Crippen LogP contribution in [0.5, 0.6) is 23.0 Å². The van der Waals surface area contributed by atoms with Crippen molar-refractivity contribution in [2.45, 2.75) is 4.34 Å². The lowest BCUT2D eigenvalue weighted by Crippen LogP contribution is -2.14. The van der Waals surface area contributed by atoms with Gasteiger partial charge in [-0.3, -0.25) is 4.79 Å². The van der Waals surface area contributed by atoms with E-state index in [4.69, 9.17) is 24.7 Å². The number of nitrogens with zero attached hydrogens (tertiary/aromatic N) is 1. The van der Waals surface area contributed by atoms with E-state index in [9.17, 15) is 4.79 Å². The summed E-state index contributed by atoms with van der Waals surface area (Å²) in [4.78, 5) is 17.0. The maximum Gasteiger partial charge on any atom is 0.234 e. The predicted octanol–water partition coefficient (Wildman–Crippen LogP) is 4.16. The van der Waals surface area contributed by atoms with Crippen molar-refractivity contribution in [2.24, 2.45) is 0 Å². The molecule has 0 aliphatic rings. The van der Waals surface area contributed by atoms with Crippen molar-refractivity contribution in [3.05, 3.63) is 36.4 Å². The smallest absolute Gasteiger partial charge is 0.234 e. The number of rotatable bonds is 9. The summed E-state index contributed by atoms with van der Waals surface area (Å²) in [5.74, 6) is 2.28. The molecule has 0 saturated carbocycles. The Morgan fingerprint density at radius 2 is 1.84 bits per heavy atom. The van der Waals surface area contributed by atoms with E-state index in [-0.39, 0.29) is 11.7 Å². The second-order valence-corrected chi connectivity index (χ2v) is 8.39. The van der Waals surface area contributed by atoms with E-state index >= 15 is 0 Å². The number of aromatic nitrogens is 1. The lowest BCUT2D eigenvalue weighted by Gasteiger charge is -2.11. The number of thiazole rings is 1. The number of benzene rings is 2. The van der Waals surface area contributed by atoms with Crippen LogP contribution in [-0.2, 0) is 4.79 Å². The highest BCUT2D eigenvalue weighted by molar-refractivity contribution is 8.01. The number of nitrogens with one attached hydrogen (secondary N) is 1. The molecule has 3 N–H and O–H groups in total. The highest BCUT2D eigenvalue weighted by Crippen LogP contribution is 2.43. The van der Waals surface area contributed by atoms with E-state index in [1.807, 2.05) is 12.1 Å². The Kier molecular flexibility index (Phi) is 7.48. The van der Waals surface area contributed by atoms with Crippen LogP contribution in [0.3, 0.4) is 0 Å². The standard InChI is InChI=1S/C21H23N3O5S2/c1-26-12-8-9-14(16(10-12)28-3)23-17(25)11-30-21-24-18(20(22)31-21)13-6-5-7-15(27-2)19(13)29-4/h5-10H,11,22H2,1-4H3,(H,23,25). The average molecular weight is 462 g/mol. The lowest BCUT2D eigenvalue weighted by atomic mass is 10.1. The number of carbonyl (C=O) groups is 1. The largest absolute Gasteiger partial charge is 0.497 e. The fourth-order valence-electron chi connectivity index (χ4n) is 2.86. The van der Waals surface area contributed by atoms with Crippen LogP contribution < -0.4 is 30.0 Å². The first-order valence-corrected chi connectivity index (χ1v) is 10.9. The van der Waals surface area contributed by atoms with Gasteiger partial charge in [-0.05, 0) is 24.3 Å². The molecule has 2 aromatic carbocycles. The van der Waals surface area contributed by atoms with Crippen LogP contribution in [0.2, 0.25) is 0 Å². The molecule has 10 heteroatoms. The molecule has 1 aromatic heterocycles. The summed E-state index contributed by atoms with van der Waals surface area (Å²) < 4.78 is 22.0. The molecule has 3 aromatic rings. The zero-order chi connectivity index (χ0) is 22.4. The third-order valence-corrected chi connectivity index (χ3v) is 6.33. The zero-order valence-electron chi connectivity index (χ0n) is 17.6. The van der Waals surface area contributed by atoms with Crippen molar-refractivity contribution in [3.8, 4) is 34.3 Å². The molecule has 1 heterocycles. The van der Waals surface area contributed by atoms with Gasteiger partial charge < -0.3 is 30.0 Å². The number of carbonyl (C=O) groups excluding carboxylic acids is 1. The van der Waals surface area contributed by atoms with Gasteiger partial charge in [0, 0.05) is 11.6 Å². The molecule has 0 aliphatic carbocycles. The summed E-state index contributed by atoms with van der Waals surface area (Å²) in [6, 6.07) is 10.7. The van der Waals surface area contributed by atoms with Gasteiger partial charge in [0.2, 0.25) is 5.91 Å². The van der Waals surface area contributed by atoms with Crippen LogP contribution in [-0.4, -0.2) is 45.1 Å². The van der Waals surface area contributed by atoms with Gasteiger partial charge in [-0.2, -0.15) is 0 Å². The molecular weight excluding hydrogens is 438 g/mol. The second kappa shape index (κ2) is 10.3. The van der Waals surface area contributed by atoms with Gasteiger partial charge in [0.05, 0.1) is 39.9 Å². The van der Waals surface area contributed by atoms with Crippen LogP contribution in [0, 0.1) is 0 Å². The number of para-hydroxylation sites is 1. The maximum absolute atomic E-state index is 12.4. The fraction of sp³-hybridized carbons (Fsp3) is 0.238. The summed E-state index contributed by atoms with van der Waals surface area (Å²) in [5, 5.41) is 3.37. The van der Waals surface area contributed by atoms with Crippen molar-refractivity contribution >= 4 is 39.7 Å². The average Bonchev–Trinajstić information content (AvgIpc) is 3.17. The number of hydrogen-bond donors (Lipinski definition) is 2. The number of amides is 1. The molecule has 31 heavy (non-hydrogen) atoms. The topological polar surface area (TPSA) is 105 Å².